The molecule has 0 unspecified atom stereocenters. The number of nitrogens with one attached hydrogen (secondary N) is 1. The Morgan fingerprint density at radius 1 is 1.05 bits per heavy atom. The zero-order valence-corrected chi connectivity index (χ0v) is 21.9. The first kappa shape index (κ1) is 29.7. The number of aromatic amines is 1. The second-order valence-electron chi connectivity index (χ2n) is 7.46. The van der Waals surface area contributed by atoms with Gasteiger partial charge in [-0.2, -0.15) is 14.6 Å². The third kappa shape index (κ3) is 10.8. The number of hydrogen-bond acceptors (Lipinski definition) is 8. The van der Waals surface area contributed by atoms with E-state index in [4.69, 9.17) is 5.02 Å². The van der Waals surface area contributed by atoms with Crippen molar-refractivity contribution in [3.63, 3.8) is 0 Å². The van der Waals surface area contributed by atoms with Crippen LogP contribution in [0, 0.1) is 29.6 Å². The summed E-state index contributed by atoms with van der Waals surface area (Å²) in [6.45, 7) is 5.26. The predicted octanol–water partition coefficient (Wildman–Crippen LogP) is 3.55. The summed E-state index contributed by atoms with van der Waals surface area (Å²) in [4.78, 5) is 15.2. The Labute approximate surface area is 237 Å². The zero-order valence-electron chi connectivity index (χ0n) is 21.9. The fourth-order valence-electron chi connectivity index (χ4n) is 2.74. The molecule has 0 aromatic carbocycles. The summed E-state index contributed by atoms with van der Waals surface area (Å²) in [7, 11) is 0.509. The zero-order chi connectivity index (χ0) is 29.1. The van der Waals surface area contributed by atoms with Gasteiger partial charge in [-0.15, -0.1) is 0 Å². The maximum atomic E-state index is 12.1. The molecule has 0 saturated carbocycles. The lowest BCUT2D eigenvalue weighted by Crippen LogP contribution is -1.99. The molecule has 41 heavy (non-hydrogen) atoms. The van der Waals surface area contributed by atoms with Gasteiger partial charge in [-0.1, -0.05) is 24.0 Å². The van der Waals surface area contributed by atoms with E-state index in [2.05, 4.69) is 70.3 Å². The predicted molar refractivity (Wildman–Crippen MR) is 153 cm³/mol. The Kier molecular flexibility index (Phi) is 12.2. The number of H-pyrrole nitrogens is 1. The van der Waals surface area contributed by atoms with Crippen molar-refractivity contribution in [1.29, 1.82) is 0 Å². The van der Waals surface area contributed by atoms with E-state index in [9.17, 15) is 4.39 Å². The van der Waals surface area contributed by atoms with Crippen LogP contribution in [0.4, 0.5) is 4.39 Å². The Bertz CT molecular complexity index is 1640. The molecule has 0 bridgehead atoms. The van der Waals surface area contributed by atoms with Crippen molar-refractivity contribution in [3.05, 3.63) is 127 Å². The molecule has 0 atom stereocenters. The topological polar surface area (TPSA) is 127 Å². The molecule has 5 aromatic heterocycles. The van der Waals surface area contributed by atoms with Crippen molar-refractivity contribution in [2.24, 2.45) is 4.99 Å². The lowest BCUT2D eigenvalue weighted by Gasteiger charge is -1.97. The van der Waals surface area contributed by atoms with Gasteiger partial charge in [0.05, 0.1) is 41.6 Å². The highest BCUT2D eigenvalue weighted by atomic mass is 19.1. The summed E-state index contributed by atoms with van der Waals surface area (Å²) in [5.74, 6) is 11.5. The average Bonchev–Trinajstić information content (AvgIpc) is 3.73. The van der Waals surface area contributed by atoms with Crippen molar-refractivity contribution in [2.45, 2.75) is 6.92 Å². The van der Waals surface area contributed by atoms with Crippen molar-refractivity contribution in [2.75, 3.05) is 0 Å². The highest BCUT2D eigenvalue weighted by Gasteiger charge is 1.98. The summed E-state index contributed by atoms with van der Waals surface area (Å²) >= 11 is 0. The van der Waals surface area contributed by atoms with Gasteiger partial charge < -0.3 is 9.68 Å². The van der Waals surface area contributed by atoms with E-state index in [1.165, 1.54) is 12.3 Å². The number of aliphatic imine (C=N–C) groups is 1. The molecule has 0 aliphatic rings. The molecule has 201 valence electrons. The number of hydrogen-bond donors (Lipinski definition) is 2. The van der Waals surface area contributed by atoms with Gasteiger partial charge in [0, 0.05) is 24.8 Å². The van der Waals surface area contributed by atoms with E-state index >= 15 is 0 Å². The molecule has 0 spiro atoms. The molecule has 10 nitrogen and oxygen atoms in total. The first-order valence-corrected chi connectivity index (χ1v) is 11.9. The number of nitrogens with zero attached hydrogens (tertiary/aromatic N) is 7. The summed E-state index contributed by atoms with van der Waals surface area (Å²) in [6, 6.07) is 12.0. The largest absolute Gasteiger partial charge is 0.569 e. The van der Waals surface area contributed by atoms with Crippen molar-refractivity contribution >= 4 is 14.4 Å². The molecule has 0 amide bonds. The Hall–Kier alpha value is -5.85. The molecule has 5 aromatic rings. The molecular formula is C29H23BFN8O2. The van der Waals surface area contributed by atoms with E-state index in [0.717, 1.165) is 28.6 Å². The van der Waals surface area contributed by atoms with Gasteiger partial charge >= 0.3 is 7.69 Å². The van der Waals surface area contributed by atoms with Gasteiger partial charge in [0.15, 0.2) is 0 Å². The van der Waals surface area contributed by atoms with E-state index < -0.39 is 5.95 Å². The minimum Gasteiger partial charge on any atom is -0.536 e. The van der Waals surface area contributed by atoms with Crippen LogP contribution in [0.25, 0.3) is 5.69 Å². The Balaban J connectivity index is 0.000000182. The molecular weight excluding hydrogens is 522 g/mol. The smallest absolute Gasteiger partial charge is 0.536 e. The number of rotatable bonds is 4. The van der Waals surface area contributed by atoms with E-state index in [-0.39, 0.29) is 0 Å². The van der Waals surface area contributed by atoms with Crippen LogP contribution in [0.5, 0.6) is 5.75 Å². The Morgan fingerprint density at radius 2 is 1.95 bits per heavy atom. The minimum atomic E-state index is -0.578. The van der Waals surface area contributed by atoms with Crippen LogP contribution in [-0.2, 0) is 0 Å². The molecule has 0 saturated heterocycles. The summed E-state index contributed by atoms with van der Waals surface area (Å²) in [5, 5.41) is 18.8. The van der Waals surface area contributed by atoms with Crippen LogP contribution >= 0.6 is 0 Å². The second-order valence-corrected chi connectivity index (χ2v) is 7.46. The van der Waals surface area contributed by atoms with Crippen molar-refractivity contribution in [3.8, 4) is 35.1 Å². The lowest BCUT2D eigenvalue weighted by atomic mass is 10.3. The van der Waals surface area contributed by atoms with Gasteiger partial charge in [-0.05, 0) is 61.9 Å². The first-order chi connectivity index (χ1) is 20.1. The summed E-state index contributed by atoms with van der Waals surface area (Å²) in [6.07, 6.45) is 15.2. The monoisotopic (exact) mass is 545 g/mol. The number of halogens is 1. The molecule has 12 heteroatoms. The SMILES string of the molecule is C(#Cc1ccccn1)c1cnn(-c2cccnc2)c1.C=N/C(C#Cc1cn[nH]c1)=C\C.O[B]Oc1ccc(F)nc1. The van der Waals surface area contributed by atoms with Gasteiger partial charge in [0.2, 0.25) is 5.95 Å². The van der Waals surface area contributed by atoms with Crippen molar-refractivity contribution in [1.82, 2.24) is 34.9 Å². The maximum absolute atomic E-state index is 12.1. The third-order valence-corrected chi connectivity index (χ3v) is 4.66. The molecule has 2 N–H and O–H groups in total. The fraction of sp³-hybridized carbons (Fsp3) is 0.0345. The third-order valence-electron chi connectivity index (χ3n) is 4.66. The van der Waals surface area contributed by atoms with Crippen LogP contribution in [0.15, 0.2) is 109 Å². The van der Waals surface area contributed by atoms with E-state index in [1.807, 2.05) is 43.5 Å². The molecule has 1 radical (unpaired) electrons. The first-order valence-electron chi connectivity index (χ1n) is 11.9. The van der Waals surface area contributed by atoms with E-state index in [0.29, 0.717) is 19.1 Å². The van der Waals surface area contributed by atoms with Crippen LogP contribution < -0.4 is 4.65 Å². The highest BCUT2D eigenvalue weighted by molar-refractivity contribution is 6.17. The summed E-state index contributed by atoms with van der Waals surface area (Å²) in [5.41, 5.74) is 4.02. The van der Waals surface area contributed by atoms with Crippen LogP contribution in [0.1, 0.15) is 23.7 Å². The normalized spacial score (nSPS) is 9.68. The highest BCUT2D eigenvalue weighted by Crippen LogP contribution is 2.07. The standard InChI is InChI=1S/C15H10N4.C9H9N3.C5H4BFNO2/c1-2-9-17-14(4-1)7-6-13-10-18-19(12-13)15-5-3-8-16-11-15;1-3-9(10-2)5-4-8-6-11-12-7-8;7-5-2-1-4(3-8-5)10-6-9/h1-5,8-12H;3,6-7H,2H2,1H3,(H,11,12);1-3,9H/b;9-3-;. The quantitative estimate of drug-likeness (QED) is 0.153. The van der Waals surface area contributed by atoms with Gasteiger partial charge in [0.25, 0.3) is 0 Å². The number of pyridine rings is 3. The van der Waals surface area contributed by atoms with Gasteiger partial charge in [-0.25, -0.2) is 14.6 Å². The maximum Gasteiger partial charge on any atom is 0.569 e. The Morgan fingerprint density at radius 3 is 2.59 bits per heavy atom. The molecule has 5 rings (SSSR count). The number of aromatic nitrogens is 7. The van der Waals surface area contributed by atoms with Crippen LogP contribution in [-0.4, -0.2) is 54.4 Å². The lowest BCUT2D eigenvalue weighted by molar-refractivity contribution is 0.450. The van der Waals surface area contributed by atoms with Gasteiger partial charge in [0.1, 0.15) is 17.1 Å². The molecule has 0 fully saturated rings. The van der Waals surface area contributed by atoms with Crippen LogP contribution in [0.2, 0.25) is 0 Å². The van der Waals surface area contributed by atoms with Gasteiger partial charge in [-0.3, -0.25) is 15.1 Å². The number of allylic oxidation sites excluding steroid dienone is 2. The second kappa shape index (κ2) is 16.9. The van der Waals surface area contributed by atoms with E-state index in [1.54, 1.807) is 47.9 Å². The molecule has 0 aliphatic heterocycles. The summed E-state index contributed by atoms with van der Waals surface area (Å²) < 4.78 is 18.3. The van der Waals surface area contributed by atoms with Crippen molar-refractivity contribution < 1.29 is 14.1 Å². The fourth-order valence-corrected chi connectivity index (χ4v) is 2.74. The average molecular weight is 545 g/mol. The molecule has 0 aliphatic carbocycles. The minimum absolute atomic E-state index is 0.295. The molecule has 5 heterocycles. The van der Waals surface area contributed by atoms with Crippen LogP contribution in [0.3, 0.4) is 0 Å².